The molecule has 0 spiro atoms. The smallest absolute Gasteiger partial charge is 0.102 e. The molecule has 0 fully saturated rings. The third-order valence-corrected chi connectivity index (χ3v) is 4.33. The van der Waals surface area contributed by atoms with Crippen molar-refractivity contribution in [2.45, 2.75) is 64.9 Å². The molecular weight excluding hydrogens is 171 g/mol. The highest BCUT2D eigenvalue weighted by Crippen LogP contribution is 2.05. The molecule has 0 amide bonds. The molecule has 0 nitrogen and oxygen atoms in total. The van der Waals surface area contributed by atoms with Gasteiger partial charge in [-0.05, 0) is 0 Å². The minimum absolute atomic E-state index is 0.755. The molecule has 0 atom stereocenters. The molecule has 0 aliphatic rings. The SMILES string of the molecule is CC(C)[CH2][Al][CH2]C(C)C.CCCC. The summed E-state index contributed by atoms with van der Waals surface area (Å²) in [4.78, 5) is 0. The summed E-state index contributed by atoms with van der Waals surface area (Å²) in [6.45, 7) is 13.6. The number of unbranched alkanes of at least 4 members (excludes halogenated alkanes) is 1. The zero-order chi connectivity index (χ0) is 10.7. The monoisotopic (exact) mass is 199 g/mol. The summed E-state index contributed by atoms with van der Waals surface area (Å²) in [5.74, 6) is 1.86. The number of hydrogen-bond acceptors (Lipinski definition) is 0. The van der Waals surface area contributed by atoms with E-state index >= 15 is 0 Å². The van der Waals surface area contributed by atoms with Crippen molar-refractivity contribution in [1.82, 2.24) is 0 Å². The van der Waals surface area contributed by atoms with Gasteiger partial charge in [0.15, 0.2) is 0 Å². The zero-order valence-electron chi connectivity index (χ0n) is 10.6. The molecule has 1 heteroatoms. The van der Waals surface area contributed by atoms with E-state index in [1.165, 1.54) is 23.4 Å². The molecule has 79 valence electrons. The lowest BCUT2D eigenvalue weighted by atomic mass is 10.3. The van der Waals surface area contributed by atoms with Crippen LogP contribution in [0.2, 0.25) is 10.6 Å². The van der Waals surface area contributed by atoms with Crippen molar-refractivity contribution in [3.05, 3.63) is 0 Å². The Kier molecular flexibility index (Phi) is 15.4. The van der Waals surface area contributed by atoms with Crippen LogP contribution < -0.4 is 0 Å². The van der Waals surface area contributed by atoms with Crippen molar-refractivity contribution < 1.29 is 0 Å². The van der Waals surface area contributed by atoms with Gasteiger partial charge in [-0.2, -0.15) is 0 Å². The maximum Gasteiger partial charge on any atom is 0.200 e. The van der Waals surface area contributed by atoms with Crippen LogP contribution in [0.15, 0.2) is 0 Å². The second-order valence-corrected chi connectivity index (χ2v) is 6.07. The fourth-order valence-corrected chi connectivity index (χ4v) is 2.29. The molecule has 0 aromatic heterocycles. The number of hydrogen-bond donors (Lipinski definition) is 0. The first-order valence-corrected chi connectivity index (χ1v) is 7.49. The Morgan fingerprint density at radius 3 is 1.23 bits per heavy atom. The lowest BCUT2D eigenvalue weighted by molar-refractivity contribution is 0.700. The molecule has 0 aromatic rings. The van der Waals surface area contributed by atoms with Crippen LogP contribution >= 0.6 is 0 Å². The summed E-state index contributed by atoms with van der Waals surface area (Å²) < 4.78 is 0. The standard InChI is InChI=1S/2C4H9.C4H10.Al/c2*1-4(2)3;1-3-4-2;/h2*4H,1H2,2-3H3;3-4H2,1-2H3;. The van der Waals surface area contributed by atoms with Gasteiger partial charge >= 0.3 is 0 Å². The average molecular weight is 199 g/mol. The van der Waals surface area contributed by atoms with E-state index < -0.39 is 0 Å². The second kappa shape index (κ2) is 12.5. The Balaban J connectivity index is 0. The van der Waals surface area contributed by atoms with Crippen LogP contribution in [0.4, 0.5) is 0 Å². The molecule has 0 aliphatic carbocycles. The molecule has 0 saturated carbocycles. The molecule has 13 heavy (non-hydrogen) atoms. The molecule has 0 N–H and O–H groups in total. The van der Waals surface area contributed by atoms with Crippen LogP contribution in [0, 0.1) is 11.8 Å². The van der Waals surface area contributed by atoms with Crippen LogP contribution in [-0.2, 0) is 0 Å². The average Bonchev–Trinajstić information content (AvgIpc) is 2.03. The van der Waals surface area contributed by atoms with Crippen LogP contribution in [0.5, 0.6) is 0 Å². The van der Waals surface area contributed by atoms with Gasteiger partial charge in [0.05, 0.1) is 0 Å². The summed E-state index contributed by atoms with van der Waals surface area (Å²) in [7, 11) is 0. The predicted molar refractivity (Wildman–Crippen MR) is 65.6 cm³/mol. The Bertz CT molecular complexity index is 67.2. The van der Waals surface area contributed by atoms with Gasteiger partial charge in [-0.1, -0.05) is 66.2 Å². The summed E-state index contributed by atoms with van der Waals surface area (Å²) in [6, 6.07) is 0. The van der Waals surface area contributed by atoms with Crippen LogP contribution in [0.3, 0.4) is 0 Å². The van der Waals surface area contributed by atoms with E-state index in [1.807, 2.05) is 0 Å². The molecule has 1 radical (unpaired) electrons. The second-order valence-electron chi connectivity index (χ2n) is 4.55. The van der Waals surface area contributed by atoms with Gasteiger partial charge in [0, 0.05) is 0 Å². The minimum Gasteiger partial charge on any atom is -0.102 e. The maximum atomic E-state index is 2.31. The van der Waals surface area contributed by atoms with Gasteiger partial charge < -0.3 is 0 Å². The lowest BCUT2D eigenvalue weighted by Crippen LogP contribution is -1.99. The summed E-state index contributed by atoms with van der Waals surface area (Å²) in [5.41, 5.74) is 0. The van der Waals surface area contributed by atoms with Crippen molar-refractivity contribution in [2.75, 3.05) is 0 Å². The van der Waals surface area contributed by atoms with E-state index in [9.17, 15) is 0 Å². The van der Waals surface area contributed by atoms with Gasteiger partial charge in [-0.25, -0.2) is 0 Å². The fourth-order valence-electron chi connectivity index (χ4n) is 0.763. The fraction of sp³-hybridized carbons (Fsp3) is 1.00. The Hall–Kier alpha value is 0.532. The molecule has 0 aromatic carbocycles. The molecule has 0 rings (SSSR count). The zero-order valence-corrected chi connectivity index (χ0v) is 11.7. The quantitative estimate of drug-likeness (QED) is 0.566. The number of rotatable bonds is 5. The molecule has 0 bridgehead atoms. The van der Waals surface area contributed by atoms with Gasteiger partial charge in [-0.3, -0.25) is 0 Å². The third-order valence-electron chi connectivity index (χ3n) is 1.78. The van der Waals surface area contributed by atoms with Gasteiger partial charge in [-0.15, -0.1) is 10.6 Å². The molecule has 0 saturated heterocycles. The van der Waals surface area contributed by atoms with Gasteiger partial charge in [0.1, 0.15) is 0 Å². The first-order chi connectivity index (χ1) is 6.04. The van der Waals surface area contributed by atoms with Crippen molar-refractivity contribution >= 4 is 15.2 Å². The highest BCUT2D eigenvalue weighted by atomic mass is 27.1. The summed E-state index contributed by atoms with van der Waals surface area (Å²) in [6.07, 6.45) is 2.64. The molecular formula is C12H28Al. The van der Waals surface area contributed by atoms with Gasteiger partial charge in [0.25, 0.3) is 0 Å². The molecule has 0 aliphatic heterocycles. The van der Waals surface area contributed by atoms with Crippen molar-refractivity contribution in [3.8, 4) is 0 Å². The van der Waals surface area contributed by atoms with E-state index in [1.54, 1.807) is 0 Å². The van der Waals surface area contributed by atoms with E-state index in [0.29, 0.717) is 0 Å². The van der Waals surface area contributed by atoms with Crippen molar-refractivity contribution in [3.63, 3.8) is 0 Å². The van der Waals surface area contributed by atoms with E-state index in [0.717, 1.165) is 27.1 Å². The topological polar surface area (TPSA) is 0 Å². The largest absolute Gasteiger partial charge is 0.200 e. The van der Waals surface area contributed by atoms with E-state index in [-0.39, 0.29) is 0 Å². The minimum atomic E-state index is 0.755. The van der Waals surface area contributed by atoms with Crippen LogP contribution in [-0.4, -0.2) is 15.2 Å². The molecule has 0 unspecified atom stereocenters. The van der Waals surface area contributed by atoms with Gasteiger partial charge in [0.2, 0.25) is 15.2 Å². The van der Waals surface area contributed by atoms with E-state index in [4.69, 9.17) is 0 Å². The van der Waals surface area contributed by atoms with Crippen molar-refractivity contribution in [1.29, 1.82) is 0 Å². The predicted octanol–water partition coefficient (Wildman–Crippen LogP) is 4.65. The van der Waals surface area contributed by atoms with Crippen LogP contribution in [0.25, 0.3) is 0 Å². The van der Waals surface area contributed by atoms with E-state index in [2.05, 4.69) is 41.5 Å². The maximum absolute atomic E-state index is 2.31. The first kappa shape index (κ1) is 16.0. The Morgan fingerprint density at radius 2 is 1.08 bits per heavy atom. The third kappa shape index (κ3) is 24.5. The molecule has 0 heterocycles. The Morgan fingerprint density at radius 1 is 0.769 bits per heavy atom. The summed E-state index contributed by atoms with van der Waals surface area (Å²) >= 11 is 0.755. The highest BCUT2D eigenvalue weighted by Gasteiger charge is 1.98. The normalized spacial score (nSPS) is 9.85. The summed E-state index contributed by atoms with van der Waals surface area (Å²) in [5, 5.41) is 2.97. The highest BCUT2D eigenvalue weighted by molar-refractivity contribution is 6.35. The lowest BCUT2D eigenvalue weighted by Gasteiger charge is -2.03. The first-order valence-electron chi connectivity index (χ1n) is 5.86. The van der Waals surface area contributed by atoms with Crippen LogP contribution in [0.1, 0.15) is 54.4 Å². The van der Waals surface area contributed by atoms with Crippen molar-refractivity contribution in [2.24, 2.45) is 11.8 Å². The Labute approximate surface area is 92.2 Å².